The minimum absolute atomic E-state index is 0.108. The molecule has 28 heavy (non-hydrogen) atoms. The van der Waals surface area contributed by atoms with Crippen LogP contribution in [-0.2, 0) is 0 Å². The maximum atomic E-state index is 9.50. The fourth-order valence-corrected chi connectivity index (χ4v) is 4.71. The van der Waals surface area contributed by atoms with Gasteiger partial charge in [-0.2, -0.15) is 0 Å². The second-order valence-electron chi connectivity index (χ2n) is 7.04. The Morgan fingerprint density at radius 1 is 0.893 bits per heavy atom. The van der Waals surface area contributed by atoms with Gasteiger partial charge >= 0.3 is 0 Å². The summed E-state index contributed by atoms with van der Waals surface area (Å²) in [5.74, 6) is 0.780. The largest absolute Gasteiger partial charge is 0.431 e. The van der Waals surface area contributed by atoms with Gasteiger partial charge in [-0.15, -0.1) is 0 Å². The molecule has 0 amide bonds. The molecule has 1 saturated carbocycles. The van der Waals surface area contributed by atoms with Gasteiger partial charge in [0, 0.05) is 11.1 Å². The highest BCUT2D eigenvalue weighted by molar-refractivity contribution is 8.00. The van der Waals surface area contributed by atoms with E-state index in [1.807, 2.05) is 48.5 Å². The van der Waals surface area contributed by atoms with Gasteiger partial charge in [0.2, 0.25) is 0 Å². The third-order valence-electron chi connectivity index (χ3n) is 5.08. The Morgan fingerprint density at radius 3 is 2.29 bits per heavy atom. The Balaban J connectivity index is 1.69. The zero-order chi connectivity index (χ0) is 19.2. The van der Waals surface area contributed by atoms with Gasteiger partial charge in [0.25, 0.3) is 5.22 Å². The van der Waals surface area contributed by atoms with Gasteiger partial charge < -0.3 is 9.62 Å². The van der Waals surface area contributed by atoms with Crippen molar-refractivity contribution in [3.63, 3.8) is 0 Å². The average molecular weight is 393 g/mol. The van der Waals surface area contributed by atoms with E-state index >= 15 is 0 Å². The minimum atomic E-state index is 0.108. The zero-order valence-electron chi connectivity index (χ0n) is 15.8. The van der Waals surface area contributed by atoms with Crippen molar-refractivity contribution in [1.29, 1.82) is 0 Å². The SMILES string of the molecule is O/N=C1\CCCCCC[C@@H]1Sc1nc(-c2ccccc2)c(-c2ccccc2)o1. The Bertz CT molecular complexity index is 865. The van der Waals surface area contributed by atoms with Gasteiger partial charge in [-0.1, -0.05) is 96.8 Å². The molecular weight excluding hydrogens is 368 g/mol. The van der Waals surface area contributed by atoms with Gasteiger partial charge in [-0.05, 0) is 19.3 Å². The van der Waals surface area contributed by atoms with E-state index in [-0.39, 0.29) is 5.25 Å². The lowest BCUT2D eigenvalue weighted by atomic mass is 9.99. The lowest BCUT2D eigenvalue weighted by Crippen LogP contribution is -2.19. The number of hydrogen-bond acceptors (Lipinski definition) is 5. The van der Waals surface area contributed by atoms with E-state index in [0.717, 1.165) is 54.0 Å². The third kappa shape index (κ3) is 4.30. The average Bonchev–Trinajstić information content (AvgIpc) is 3.16. The first-order valence-electron chi connectivity index (χ1n) is 9.84. The topological polar surface area (TPSA) is 58.6 Å². The van der Waals surface area contributed by atoms with Crippen LogP contribution < -0.4 is 0 Å². The standard InChI is InChI=1S/C23H24N2O2S/c26-25-19-15-9-1-2-10-16-20(19)28-23-24-21(17-11-5-3-6-12-17)22(27-23)18-13-7-4-8-14-18/h3-8,11-14,20,26H,1-2,9-10,15-16H2/b25-19+/t20-/m0/s1. The molecule has 5 heteroatoms. The highest BCUT2D eigenvalue weighted by atomic mass is 32.2. The number of aromatic nitrogens is 1. The summed E-state index contributed by atoms with van der Waals surface area (Å²) in [5.41, 5.74) is 3.74. The molecule has 0 saturated heterocycles. The van der Waals surface area contributed by atoms with E-state index in [1.54, 1.807) is 11.8 Å². The third-order valence-corrected chi connectivity index (χ3v) is 6.25. The summed E-state index contributed by atoms with van der Waals surface area (Å²) in [6.07, 6.45) is 6.46. The summed E-state index contributed by atoms with van der Waals surface area (Å²) < 4.78 is 6.24. The molecule has 0 spiro atoms. The van der Waals surface area contributed by atoms with E-state index in [1.165, 1.54) is 12.8 Å². The number of hydrogen-bond donors (Lipinski definition) is 1. The van der Waals surface area contributed by atoms with Crippen LogP contribution in [0.3, 0.4) is 0 Å². The van der Waals surface area contributed by atoms with Crippen LogP contribution in [-0.4, -0.2) is 21.2 Å². The molecule has 1 N–H and O–H groups in total. The molecule has 0 bridgehead atoms. The van der Waals surface area contributed by atoms with E-state index in [4.69, 9.17) is 9.40 Å². The minimum Gasteiger partial charge on any atom is -0.431 e. The molecule has 1 atom stereocenters. The summed E-state index contributed by atoms with van der Waals surface area (Å²) >= 11 is 1.58. The van der Waals surface area contributed by atoms with Gasteiger partial charge in [-0.3, -0.25) is 0 Å². The smallest absolute Gasteiger partial charge is 0.257 e. The number of thioether (sulfide) groups is 1. The second kappa shape index (κ2) is 9.11. The molecule has 1 aliphatic carbocycles. The van der Waals surface area contributed by atoms with Crippen molar-refractivity contribution in [2.45, 2.75) is 49.0 Å². The molecule has 1 heterocycles. The lowest BCUT2D eigenvalue weighted by Gasteiger charge is -2.18. The van der Waals surface area contributed by atoms with E-state index in [2.05, 4.69) is 17.3 Å². The predicted molar refractivity (Wildman–Crippen MR) is 114 cm³/mol. The van der Waals surface area contributed by atoms with Gasteiger partial charge in [0.05, 0.1) is 11.0 Å². The summed E-state index contributed by atoms with van der Waals surface area (Å²) in [5, 5.41) is 13.8. The van der Waals surface area contributed by atoms with Crippen molar-refractivity contribution >= 4 is 17.5 Å². The maximum absolute atomic E-state index is 9.50. The fraction of sp³-hybridized carbons (Fsp3) is 0.304. The number of benzene rings is 2. The van der Waals surface area contributed by atoms with Crippen molar-refractivity contribution in [3.05, 3.63) is 60.7 Å². The van der Waals surface area contributed by atoms with Crippen LogP contribution in [0.4, 0.5) is 0 Å². The molecule has 144 valence electrons. The van der Waals surface area contributed by atoms with Crippen molar-refractivity contribution in [1.82, 2.24) is 4.98 Å². The fourth-order valence-electron chi connectivity index (χ4n) is 3.61. The van der Waals surface area contributed by atoms with Gasteiger partial charge in [-0.25, -0.2) is 4.98 Å². The van der Waals surface area contributed by atoms with Gasteiger partial charge in [0.1, 0.15) is 5.69 Å². The number of oxime groups is 1. The van der Waals surface area contributed by atoms with E-state index in [9.17, 15) is 5.21 Å². The molecule has 1 fully saturated rings. The molecule has 3 aromatic rings. The van der Waals surface area contributed by atoms with Crippen LogP contribution in [0, 0.1) is 0 Å². The highest BCUT2D eigenvalue weighted by Gasteiger charge is 2.24. The molecular formula is C23H24N2O2S. The normalized spacial score (nSPS) is 19.3. The Labute approximate surface area is 169 Å². The van der Waals surface area contributed by atoms with Crippen LogP contribution in [0.25, 0.3) is 22.6 Å². The Hall–Kier alpha value is -2.53. The van der Waals surface area contributed by atoms with E-state index < -0.39 is 0 Å². The summed E-state index contributed by atoms with van der Waals surface area (Å²) in [7, 11) is 0. The van der Waals surface area contributed by atoms with Crippen molar-refractivity contribution in [2.24, 2.45) is 5.16 Å². The quantitative estimate of drug-likeness (QED) is 0.399. The van der Waals surface area contributed by atoms with Crippen LogP contribution in [0.1, 0.15) is 38.5 Å². The van der Waals surface area contributed by atoms with Crippen molar-refractivity contribution in [2.75, 3.05) is 0 Å². The van der Waals surface area contributed by atoms with Crippen molar-refractivity contribution in [3.8, 4) is 22.6 Å². The molecule has 4 rings (SSSR count). The molecule has 4 nitrogen and oxygen atoms in total. The number of oxazole rings is 1. The summed E-state index contributed by atoms with van der Waals surface area (Å²) in [4.78, 5) is 4.83. The number of nitrogens with zero attached hydrogens (tertiary/aromatic N) is 2. The maximum Gasteiger partial charge on any atom is 0.257 e. The van der Waals surface area contributed by atoms with Crippen LogP contribution in [0.5, 0.6) is 0 Å². The Kier molecular flexibility index (Phi) is 6.12. The highest BCUT2D eigenvalue weighted by Crippen LogP contribution is 2.38. The summed E-state index contributed by atoms with van der Waals surface area (Å²) in [6, 6.07) is 20.2. The van der Waals surface area contributed by atoms with Crippen LogP contribution in [0.2, 0.25) is 0 Å². The molecule has 0 radical (unpaired) electrons. The molecule has 0 unspecified atom stereocenters. The monoisotopic (exact) mass is 392 g/mol. The van der Waals surface area contributed by atoms with Crippen LogP contribution in [0.15, 0.2) is 75.5 Å². The summed E-state index contributed by atoms with van der Waals surface area (Å²) in [6.45, 7) is 0. The Morgan fingerprint density at radius 2 is 1.57 bits per heavy atom. The van der Waals surface area contributed by atoms with Crippen LogP contribution >= 0.6 is 11.8 Å². The van der Waals surface area contributed by atoms with Crippen molar-refractivity contribution < 1.29 is 9.62 Å². The lowest BCUT2D eigenvalue weighted by molar-refractivity contribution is 0.315. The zero-order valence-corrected chi connectivity index (χ0v) is 16.6. The van der Waals surface area contributed by atoms with Gasteiger partial charge in [0.15, 0.2) is 5.76 Å². The predicted octanol–water partition coefficient (Wildman–Crippen LogP) is 6.65. The first-order chi connectivity index (χ1) is 13.8. The molecule has 1 aromatic heterocycles. The first kappa shape index (κ1) is 18.8. The van der Waals surface area contributed by atoms with E-state index in [0.29, 0.717) is 5.22 Å². The second-order valence-corrected chi connectivity index (χ2v) is 8.19. The first-order valence-corrected chi connectivity index (χ1v) is 10.7. The molecule has 0 aliphatic heterocycles. The number of rotatable bonds is 4. The molecule has 2 aromatic carbocycles. The molecule has 1 aliphatic rings.